The maximum atomic E-state index is 14.7. The molecule has 1 fully saturated rings. The number of aromatic nitrogens is 1. The summed E-state index contributed by atoms with van der Waals surface area (Å²) in [5.41, 5.74) is 1.76. The predicted molar refractivity (Wildman–Crippen MR) is 119 cm³/mol. The molecule has 1 unspecified atom stereocenters. The van der Waals surface area contributed by atoms with Crippen LogP contribution in [-0.2, 0) is 0 Å². The molecule has 32 heavy (non-hydrogen) atoms. The lowest BCUT2D eigenvalue weighted by Crippen LogP contribution is -2.60. The number of aliphatic hydroxyl groups is 1. The van der Waals surface area contributed by atoms with Crippen molar-refractivity contribution >= 4 is 22.3 Å². The first-order chi connectivity index (χ1) is 15.1. The Morgan fingerprint density at radius 3 is 2.50 bits per heavy atom. The first-order valence-corrected chi connectivity index (χ1v) is 10.4. The molecule has 0 saturated carbocycles. The maximum absolute atomic E-state index is 14.7. The van der Waals surface area contributed by atoms with E-state index in [2.05, 4.69) is 10.3 Å². The van der Waals surface area contributed by atoms with E-state index < -0.39 is 29.4 Å². The van der Waals surface area contributed by atoms with E-state index in [1.807, 2.05) is 30.0 Å². The van der Waals surface area contributed by atoms with Gasteiger partial charge in [0, 0.05) is 41.5 Å². The molecule has 1 saturated heterocycles. The molecule has 0 radical (unpaired) electrons. The third kappa shape index (κ3) is 4.07. The van der Waals surface area contributed by atoms with Crippen molar-refractivity contribution in [1.29, 1.82) is 0 Å². The minimum absolute atomic E-state index is 0.165. The van der Waals surface area contributed by atoms with Crippen LogP contribution in [0.25, 0.3) is 10.9 Å². The summed E-state index contributed by atoms with van der Waals surface area (Å²) in [7, 11) is 1.58. The summed E-state index contributed by atoms with van der Waals surface area (Å²) in [5.74, 6) is -0.261. The van der Waals surface area contributed by atoms with Gasteiger partial charge in [-0.3, -0.25) is 4.98 Å². The van der Waals surface area contributed by atoms with E-state index in [1.54, 1.807) is 21.0 Å². The van der Waals surface area contributed by atoms with Gasteiger partial charge in [0.25, 0.3) is 6.43 Å². The molecule has 170 valence electrons. The highest BCUT2D eigenvalue weighted by Crippen LogP contribution is 2.40. The largest absolute Gasteiger partial charge is 0.495 e. The Hall–Kier alpha value is -3.00. The van der Waals surface area contributed by atoms with Crippen molar-refractivity contribution in [3.05, 3.63) is 59.0 Å². The van der Waals surface area contributed by atoms with Gasteiger partial charge in [0.15, 0.2) is 0 Å². The van der Waals surface area contributed by atoms with E-state index in [9.17, 15) is 18.3 Å². The van der Waals surface area contributed by atoms with Gasteiger partial charge in [-0.05, 0) is 32.9 Å². The molecule has 0 aliphatic carbocycles. The van der Waals surface area contributed by atoms with Crippen LogP contribution in [0.3, 0.4) is 0 Å². The van der Waals surface area contributed by atoms with Crippen LogP contribution < -0.4 is 15.0 Å². The zero-order chi connectivity index (χ0) is 23.2. The molecule has 1 aliphatic heterocycles. The van der Waals surface area contributed by atoms with Crippen LogP contribution in [0.2, 0.25) is 0 Å². The summed E-state index contributed by atoms with van der Waals surface area (Å²) in [6.45, 7) is 6.29. The number of β-amino-alcohol motifs (C(OH)–C–C–N with tert-alkyl or cyclic N) is 1. The molecule has 0 amide bonds. The molecule has 8 heteroatoms. The average molecular weight is 445 g/mol. The monoisotopic (exact) mass is 445 g/mol. The second-order valence-electron chi connectivity index (χ2n) is 8.62. The number of hydrogen-bond donors (Lipinski definition) is 2. The van der Waals surface area contributed by atoms with Crippen molar-refractivity contribution in [2.75, 3.05) is 30.4 Å². The Bertz CT molecular complexity index is 1160. The Kier molecular flexibility index (Phi) is 5.67. The van der Waals surface area contributed by atoms with Crippen molar-refractivity contribution in [1.82, 2.24) is 4.98 Å². The normalized spacial score (nSPS) is 16.2. The third-order valence-electron chi connectivity index (χ3n) is 5.77. The SMILES string of the molecule is COc1cc2nc(C)cc(NC(C)c3cccc(C(F)F)c3F)c2cc1N1CC(C)(O)C1. The molecular formula is C24H26F3N3O2. The van der Waals surface area contributed by atoms with Gasteiger partial charge < -0.3 is 20.1 Å². The number of rotatable bonds is 6. The summed E-state index contributed by atoms with van der Waals surface area (Å²) >= 11 is 0. The molecule has 1 atom stereocenters. The number of pyridine rings is 1. The van der Waals surface area contributed by atoms with E-state index in [-0.39, 0.29) is 5.56 Å². The van der Waals surface area contributed by atoms with Crippen LogP contribution >= 0.6 is 0 Å². The number of halogens is 3. The van der Waals surface area contributed by atoms with E-state index in [0.29, 0.717) is 30.0 Å². The summed E-state index contributed by atoms with van der Waals surface area (Å²) < 4.78 is 46.5. The average Bonchev–Trinajstić information content (AvgIpc) is 2.70. The standard InChI is InChI=1S/C24H26F3N3O2/c1-13-8-18(29-14(2)15-6-5-7-16(22(15)25)23(26)27)17-9-20(30-11-24(3,31)12-30)21(32-4)10-19(17)28-13/h5-10,14,23,31H,11-12H2,1-4H3,(H,28,29). The number of anilines is 2. The number of methoxy groups -OCH3 is 1. The number of benzene rings is 2. The number of fused-ring (bicyclic) bond motifs is 1. The Balaban J connectivity index is 1.75. The minimum Gasteiger partial charge on any atom is -0.495 e. The Labute approximate surface area is 184 Å². The third-order valence-corrected chi connectivity index (χ3v) is 5.77. The zero-order valence-corrected chi connectivity index (χ0v) is 18.4. The summed E-state index contributed by atoms with van der Waals surface area (Å²) in [5, 5.41) is 14.2. The number of nitrogens with one attached hydrogen (secondary N) is 1. The van der Waals surface area contributed by atoms with Gasteiger partial charge in [-0.2, -0.15) is 0 Å². The molecule has 0 spiro atoms. The van der Waals surface area contributed by atoms with Crippen LogP contribution in [0.1, 0.15) is 43.1 Å². The fraction of sp³-hybridized carbons (Fsp3) is 0.375. The molecule has 2 aromatic carbocycles. The second-order valence-corrected chi connectivity index (χ2v) is 8.62. The highest BCUT2D eigenvalue weighted by molar-refractivity contribution is 5.96. The van der Waals surface area contributed by atoms with Gasteiger partial charge in [0.1, 0.15) is 11.6 Å². The number of alkyl halides is 2. The topological polar surface area (TPSA) is 57.6 Å². The van der Waals surface area contributed by atoms with Crippen LogP contribution in [-0.4, -0.2) is 35.9 Å². The predicted octanol–water partition coefficient (Wildman–Crippen LogP) is 5.37. The molecular weight excluding hydrogens is 419 g/mol. The fourth-order valence-corrected chi connectivity index (χ4v) is 4.23. The zero-order valence-electron chi connectivity index (χ0n) is 18.4. The van der Waals surface area contributed by atoms with Gasteiger partial charge in [0.05, 0.1) is 35.5 Å². The van der Waals surface area contributed by atoms with Crippen molar-refractivity contribution in [3.63, 3.8) is 0 Å². The molecule has 1 aromatic heterocycles. The lowest BCUT2D eigenvalue weighted by Gasteiger charge is -2.46. The van der Waals surface area contributed by atoms with Gasteiger partial charge >= 0.3 is 0 Å². The van der Waals surface area contributed by atoms with Gasteiger partial charge in [-0.1, -0.05) is 18.2 Å². The van der Waals surface area contributed by atoms with Gasteiger partial charge in [-0.15, -0.1) is 0 Å². The first-order valence-electron chi connectivity index (χ1n) is 10.4. The number of nitrogens with zero attached hydrogens (tertiary/aromatic N) is 2. The van der Waals surface area contributed by atoms with E-state index in [1.165, 1.54) is 12.1 Å². The fourth-order valence-electron chi connectivity index (χ4n) is 4.23. The molecule has 5 nitrogen and oxygen atoms in total. The molecule has 3 aromatic rings. The Morgan fingerprint density at radius 2 is 1.88 bits per heavy atom. The van der Waals surface area contributed by atoms with Gasteiger partial charge in [-0.25, -0.2) is 13.2 Å². The highest BCUT2D eigenvalue weighted by atomic mass is 19.3. The number of aryl methyl sites for hydroxylation is 1. The minimum atomic E-state index is -2.88. The van der Waals surface area contributed by atoms with Crippen molar-refractivity contribution in [2.24, 2.45) is 0 Å². The molecule has 0 bridgehead atoms. The van der Waals surface area contributed by atoms with Crippen molar-refractivity contribution in [2.45, 2.75) is 38.8 Å². The van der Waals surface area contributed by atoms with Crippen molar-refractivity contribution in [3.8, 4) is 5.75 Å². The van der Waals surface area contributed by atoms with Crippen molar-refractivity contribution < 1.29 is 23.0 Å². The van der Waals surface area contributed by atoms with Crippen LogP contribution in [0.15, 0.2) is 36.4 Å². The Morgan fingerprint density at radius 1 is 1.19 bits per heavy atom. The van der Waals surface area contributed by atoms with E-state index in [0.717, 1.165) is 22.8 Å². The second kappa shape index (κ2) is 8.16. The smallest absolute Gasteiger partial charge is 0.266 e. The lowest BCUT2D eigenvalue weighted by atomic mass is 9.95. The van der Waals surface area contributed by atoms with Gasteiger partial charge in [0.2, 0.25) is 0 Å². The highest BCUT2D eigenvalue weighted by Gasteiger charge is 2.38. The molecule has 4 rings (SSSR count). The molecule has 1 aliphatic rings. The van der Waals surface area contributed by atoms with Crippen LogP contribution in [0, 0.1) is 12.7 Å². The summed E-state index contributed by atoms with van der Waals surface area (Å²) in [6, 6.07) is 9.08. The number of hydrogen-bond acceptors (Lipinski definition) is 5. The molecule has 2 N–H and O–H groups in total. The molecule has 2 heterocycles. The lowest BCUT2D eigenvalue weighted by molar-refractivity contribution is 0.0308. The quantitative estimate of drug-likeness (QED) is 0.534. The van der Waals surface area contributed by atoms with Crippen LogP contribution in [0.4, 0.5) is 24.5 Å². The summed E-state index contributed by atoms with van der Waals surface area (Å²) in [6.07, 6.45) is -2.88. The maximum Gasteiger partial charge on any atom is 0.266 e. The van der Waals surface area contributed by atoms with E-state index >= 15 is 0 Å². The van der Waals surface area contributed by atoms with Crippen LogP contribution in [0.5, 0.6) is 5.75 Å². The first kappa shape index (κ1) is 22.2. The summed E-state index contributed by atoms with van der Waals surface area (Å²) in [4.78, 5) is 6.60. The number of ether oxygens (including phenoxy) is 1. The van der Waals surface area contributed by atoms with E-state index in [4.69, 9.17) is 4.74 Å².